The van der Waals surface area contributed by atoms with Crippen LogP contribution in [0.15, 0.2) is 21.8 Å². The highest BCUT2D eigenvalue weighted by Crippen LogP contribution is 2.18. The topological polar surface area (TPSA) is 77.8 Å². The number of amidine groups is 1. The monoisotopic (exact) mass is 247 g/mol. The van der Waals surface area contributed by atoms with Crippen LogP contribution < -0.4 is 5.73 Å². The average molecular weight is 247 g/mol. The smallest absolute Gasteiger partial charge is 0.103 e. The van der Waals surface area contributed by atoms with E-state index in [9.17, 15) is 0 Å². The Balaban J connectivity index is 3.06. The van der Waals surface area contributed by atoms with Gasteiger partial charge in [-0.2, -0.15) is 5.26 Å². The molecule has 5 nitrogen and oxygen atoms in total. The molecular weight excluding hydrogens is 226 g/mol. The molecule has 0 bridgehead atoms. The third-order valence-corrected chi connectivity index (χ3v) is 3.21. The minimum Gasteiger partial charge on any atom is -0.387 e. The Labute approximate surface area is 109 Å². The highest BCUT2D eigenvalue weighted by Gasteiger charge is 2.21. The number of aliphatic imine (C=N–C) groups is 2. The fourth-order valence-electron chi connectivity index (χ4n) is 1.68. The number of allylic oxidation sites excluding steroid dienone is 1. The first kappa shape index (κ1) is 14.4. The molecule has 2 N–H and O–H groups in total. The van der Waals surface area contributed by atoms with Crippen molar-refractivity contribution < 1.29 is 0 Å². The molecule has 0 aromatic heterocycles. The van der Waals surface area contributed by atoms with Crippen LogP contribution in [0.4, 0.5) is 0 Å². The largest absolute Gasteiger partial charge is 0.387 e. The van der Waals surface area contributed by atoms with Crippen LogP contribution in [0, 0.1) is 17.2 Å². The number of hydrogen-bond donors (Lipinski definition) is 1. The second-order valence-electron chi connectivity index (χ2n) is 4.69. The Morgan fingerprint density at radius 1 is 1.67 bits per heavy atom. The van der Waals surface area contributed by atoms with Gasteiger partial charge in [0.25, 0.3) is 0 Å². The molecule has 5 heteroatoms. The standard InChI is InChI=1S/C13H21N5/c1-5-10-6-12(17-9(2)18(3)4)11(7-14)8-16-13(10)15/h8-10H,5-6H2,1-4H3,(H2,15,16). The second-order valence-corrected chi connectivity index (χ2v) is 4.69. The minimum atomic E-state index is 0.0357. The summed E-state index contributed by atoms with van der Waals surface area (Å²) >= 11 is 0. The van der Waals surface area contributed by atoms with Gasteiger partial charge < -0.3 is 5.73 Å². The molecule has 0 amide bonds. The molecular formula is C13H21N5. The Bertz CT molecular complexity index is 425. The Kier molecular flexibility index (Phi) is 5.05. The van der Waals surface area contributed by atoms with E-state index in [-0.39, 0.29) is 12.1 Å². The zero-order valence-electron chi connectivity index (χ0n) is 11.5. The van der Waals surface area contributed by atoms with Crippen LogP contribution >= 0.6 is 0 Å². The van der Waals surface area contributed by atoms with Crippen molar-refractivity contribution in [1.82, 2.24) is 4.90 Å². The van der Waals surface area contributed by atoms with Gasteiger partial charge in [0.15, 0.2) is 0 Å². The molecule has 0 aliphatic carbocycles. The van der Waals surface area contributed by atoms with Gasteiger partial charge in [0.05, 0.1) is 17.5 Å². The Hall–Kier alpha value is -1.67. The predicted molar refractivity (Wildman–Crippen MR) is 74.3 cm³/mol. The normalized spacial score (nSPS) is 24.2. The Morgan fingerprint density at radius 2 is 2.33 bits per heavy atom. The van der Waals surface area contributed by atoms with E-state index in [1.165, 1.54) is 6.20 Å². The number of rotatable bonds is 3. The molecule has 1 aliphatic heterocycles. The summed E-state index contributed by atoms with van der Waals surface area (Å²) in [7, 11) is 3.92. The summed E-state index contributed by atoms with van der Waals surface area (Å²) < 4.78 is 0. The predicted octanol–water partition coefficient (Wildman–Crippen LogP) is 1.53. The van der Waals surface area contributed by atoms with E-state index >= 15 is 0 Å². The van der Waals surface area contributed by atoms with Gasteiger partial charge >= 0.3 is 0 Å². The fourth-order valence-corrected chi connectivity index (χ4v) is 1.68. The van der Waals surface area contributed by atoms with Crippen LogP contribution in [-0.4, -0.2) is 36.7 Å². The van der Waals surface area contributed by atoms with Gasteiger partial charge in [0.1, 0.15) is 11.9 Å². The molecule has 0 aromatic rings. The lowest BCUT2D eigenvalue weighted by Gasteiger charge is -2.18. The van der Waals surface area contributed by atoms with Crippen molar-refractivity contribution in [2.75, 3.05) is 14.1 Å². The zero-order valence-corrected chi connectivity index (χ0v) is 11.5. The molecule has 2 unspecified atom stereocenters. The molecule has 0 saturated heterocycles. The van der Waals surface area contributed by atoms with Crippen molar-refractivity contribution in [2.45, 2.75) is 32.9 Å². The summed E-state index contributed by atoms with van der Waals surface area (Å²) in [6.07, 6.45) is 3.15. The molecule has 0 fully saturated rings. The van der Waals surface area contributed by atoms with E-state index in [1.807, 2.05) is 25.9 Å². The first-order chi connectivity index (χ1) is 8.49. The van der Waals surface area contributed by atoms with Crippen molar-refractivity contribution in [2.24, 2.45) is 21.6 Å². The molecule has 18 heavy (non-hydrogen) atoms. The third kappa shape index (κ3) is 3.41. The summed E-state index contributed by atoms with van der Waals surface area (Å²) in [6, 6.07) is 2.15. The van der Waals surface area contributed by atoms with Crippen molar-refractivity contribution in [3.05, 3.63) is 11.8 Å². The molecule has 0 saturated carbocycles. The number of hydrogen-bond acceptors (Lipinski definition) is 5. The van der Waals surface area contributed by atoms with Gasteiger partial charge in [-0.05, 0) is 27.4 Å². The van der Waals surface area contributed by atoms with E-state index in [2.05, 4.69) is 23.0 Å². The summed E-state index contributed by atoms with van der Waals surface area (Å²) in [5.41, 5.74) is 7.21. The van der Waals surface area contributed by atoms with Crippen molar-refractivity contribution >= 4 is 11.5 Å². The zero-order chi connectivity index (χ0) is 13.7. The SMILES string of the molecule is CCC1CC(=NC(C)N(C)C)C(C#N)=CN=C1N. The maximum Gasteiger partial charge on any atom is 0.103 e. The molecule has 0 spiro atoms. The van der Waals surface area contributed by atoms with Gasteiger partial charge in [-0.1, -0.05) is 6.92 Å². The van der Waals surface area contributed by atoms with Crippen molar-refractivity contribution in [3.8, 4) is 6.07 Å². The average Bonchev–Trinajstić information content (AvgIpc) is 2.48. The van der Waals surface area contributed by atoms with Crippen LogP contribution in [0.5, 0.6) is 0 Å². The number of nitriles is 1. The van der Waals surface area contributed by atoms with Crippen molar-refractivity contribution in [1.29, 1.82) is 5.26 Å². The summed E-state index contributed by atoms with van der Waals surface area (Å²) in [6.45, 7) is 4.06. The first-order valence-electron chi connectivity index (χ1n) is 6.16. The second kappa shape index (κ2) is 6.31. The summed E-state index contributed by atoms with van der Waals surface area (Å²) in [5, 5.41) is 9.16. The fraction of sp³-hybridized carbons (Fsp3) is 0.615. The summed E-state index contributed by atoms with van der Waals surface area (Å²) in [5.74, 6) is 0.758. The van der Waals surface area contributed by atoms with E-state index in [0.717, 1.165) is 12.1 Å². The van der Waals surface area contributed by atoms with Crippen molar-refractivity contribution in [3.63, 3.8) is 0 Å². The van der Waals surface area contributed by atoms with E-state index in [1.54, 1.807) is 0 Å². The van der Waals surface area contributed by atoms with Crippen LogP contribution in [0.1, 0.15) is 26.7 Å². The van der Waals surface area contributed by atoms with Crippen LogP contribution in [0.3, 0.4) is 0 Å². The van der Waals surface area contributed by atoms with Gasteiger partial charge in [-0.15, -0.1) is 0 Å². The molecule has 0 aromatic carbocycles. The highest BCUT2D eigenvalue weighted by molar-refractivity contribution is 6.06. The Morgan fingerprint density at radius 3 is 2.83 bits per heavy atom. The van der Waals surface area contributed by atoms with E-state index < -0.39 is 0 Å². The van der Waals surface area contributed by atoms with Crippen LogP contribution in [0.2, 0.25) is 0 Å². The number of nitrogens with two attached hydrogens (primary N) is 1. The van der Waals surface area contributed by atoms with Crippen LogP contribution in [0.25, 0.3) is 0 Å². The van der Waals surface area contributed by atoms with Crippen LogP contribution in [-0.2, 0) is 0 Å². The first-order valence-corrected chi connectivity index (χ1v) is 6.16. The molecule has 0 radical (unpaired) electrons. The van der Waals surface area contributed by atoms with E-state index in [4.69, 9.17) is 11.0 Å². The van der Waals surface area contributed by atoms with Gasteiger partial charge in [0, 0.05) is 18.5 Å². The maximum atomic E-state index is 9.16. The third-order valence-electron chi connectivity index (χ3n) is 3.21. The molecule has 1 rings (SSSR count). The van der Waals surface area contributed by atoms with Gasteiger partial charge in [-0.3, -0.25) is 9.89 Å². The molecule has 2 atom stereocenters. The molecule has 1 aliphatic rings. The lowest BCUT2D eigenvalue weighted by atomic mass is 9.96. The quantitative estimate of drug-likeness (QED) is 0.821. The minimum absolute atomic E-state index is 0.0357. The molecule has 1 heterocycles. The maximum absolute atomic E-state index is 9.16. The summed E-state index contributed by atoms with van der Waals surface area (Å²) in [4.78, 5) is 10.7. The number of nitrogens with zero attached hydrogens (tertiary/aromatic N) is 4. The van der Waals surface area contributed by atoms with Gasteiger partial charge in [-0.25, -0.2) is 4.99 Å². The lowest BCUT2D eigenvalue weighted by molar-refractivity contribution is 0.323. The highest BCUT2D eigenvalue weighted by atomic mass is 15.2. The molecule has 98 valence electrons. The van der Waals surface area contributed by atoms with Gasteiger partial charge in [0.2, 0.25) is 0 Å². The van der Waals surface area contributed by atoms with E-state index in [0.29, 0.717) is 17.8 Å². The lowest BCUT2D eigenvalue weighted by Crippen LogP contribution is -2.27.